The van der Waals surface area contributed by atoms with Gasteiger partial charge in [-0.05, 0) is 12.1 Å². The summed E-state index contributed by atoms with van der Waals surface area (Å²) in [6.45, 7) is -1.07. The van der Waals surface area contributed by atoms with Crippen LogP contribution in [0.1, 0.15) is 27.3 Å². The molecule has 0 spiro atoms. The van der Waals surface area contributed by atoms with E-state index in [-0.39, 0.29) is 17.8 Å². The Bertz CT molecular complexity index is 573. The van der Waals surface area contributed by atoms with E-state index < -0.39 is 36.6 Å². The number of primary amides is 1. The molecule has 0 aliphatic carbocycles. The molecule has 1 aromatic rings. The number of β-amino-alcohol motifs (C(OH)–C–C–N with tert-alkyl or cyclic N) is 1. The standard InChI is InChI=1S/C12H12F3N3O3/c13-12(14,15)11(21)3-4-18(6-11)10(20)8-2-1-7(5-17-8)9(16)19/h1-2,5,21H,3-4,6H2,(H2,16,19). The van der Waals surface area contributed by atoms with Crippen LogP contribution in [0.3, 0.4) is 0 Å². The summed E-state index contributed by atoms with van der Waals surface area (Å²) in [7, 11) is 0. The van der Waals surface area contributed by atoms with Gasteiger partial charge in [0.25, 0.3) is 5.91 Å². The summed E-state index contributed by atoms with van der Waals surface area (Å²) >= 11 is 0. The topological polar surface area (TPSA) is 96.5 Å². The number of alkyl halides is 3. The van der Waals surface area contributed by atoms with Gasteiger partial charge in [-0.25, -0.2) is 0 Å². The van der Waals surface area contributed by atoms with Crippen LogP contribution in [0.25, 0.3) is 0 Å². The van der Waals surface area contributed by atoms with Gasteiger partial charge >= 0.3 is 6.18 Å². The lowest BCUT2D eigenvalue weighted by molar-refractivity contribution is -0.253. The number of pyridine rings is 1. The van der Waals surface area contributed by atoms with Crippen LogP contribution in [0.2, 0.25) is 0 Å². The van der Waals surface area contributed by atoms with Gasteiger partial charge in [0.1, 0.15) is 5.69 Å². The first-order valence-corrected chi connectivity index (χ1v) is 5.98. The second-order valence-electron chi connectivity index (χ2n) is 4.80. The number of halogens is 3. The summed E-state index contributed by atoms with van der Waals surface area (Å²) in [5.74, 6) is -1.47. The lowest BCUT2D eigenvalue weighted by Gasteiger charge is -2.25. The SMILES string of the molecule is NC(=O)c1ccc(C(=O)N2CCC(O)(C(F)(F)F)C2)nc1. The van der Waals surface area contributed by atoms with Crippen molar-refractivity contribution in [2.75, 3.05) is 13.1 Å². The zero-order chi connectivity index (χ0) is 15.8. The molecule has 1 unspecified atom stereocenters. The molecule has 0 radical (unpaired) electrons. The lowest BCUT2D eigenvalue weighted by atomic mass is 10.0. The number of carbonyl (C=O) groups is 2. The molecule has 9 heteroatoms. The maximum Gasteiger partial charge on any atom is 0.419 e. The third kappa shape index (κ3) is 2.82. The lowest BCUT2D eigenvalue weighted by Crippen LogP contribution is -2.48. The van der Waals surface area contributed by atoms with Gasteiger partial charge in [-0.1, -0.05) is 0 Å². The maximum atomic E-state index is 12.7. The van der Waals surface area contributed by atoms with Gasteiger partial charge in [0.2, 0.25) is 5.91 Å². The number of likely N-dealkylation sites (tertiary alicyclic amines) is 1. The molecule has 1 saturated heterocycles. The largest absolute Gasteiger partial charge is 0.419 e. The van der Waals surface area contributed by atoms with E-state index in [1.807, 2.05) is 0 Å². The van der Waals surface area contributed by atoms with Gasteiger partial charge in [-0.2, -0.15) is 13.2 Å². The van der Waals surface area contributed by atoms with E-state index in [0.717, 1.165) is 11.1 Å². The number of nitrogens with zero attached hydrogens (tertiary/aromatic N) is 2. The quantitative estimate of drug-likeness (QED) is 0.822. The average molecular weight is 303 g/mol. The van der Waals surface area contributed by atoms with E-state index >= 15 is 0 Å². The molecule has 21 heavy (non-hydrogen) atoms. The average Bonchev–Trinajstić information content (AvgIpc) is 2.81. The first kappa shape index (κ1) is 15.2. The zero-order valence-electron chi connectivity index (χ0n) is 10.7. The molecule has 2 heterocycles. The van der Waals surface area contributed by atoms with Crippen molar-refractivity contribution >= 4 is 11.8 Å². The molecule has 2 rings (SSSR count). The number of rotatable bonds is 2. The van der Waals surface area contributed by atoms with E-state index in [1.165, 1.54) is 12.1 Å². The van der Waals surface area contributed by atoms with Crippen molar-refractivity contribution in [2.24, 2.45) is 5.73 Å². The highest BCUT2D eigenvalue weighted by Crippen LogP contribution is 2.37. The highest BCUT2D eigenvalue weighted by Gasteiger charge is 2.57. The van der Waals surface area contributed by atoms with E-state index in [4.69, 9.17) is 5.73 Å². The van der Waals surface area contributed by atoms with Gasteiger partial charge in [0.15, 0.2) is 5.60 Å². The molecule has 2 amide bonds. The Morgan fingerprint density at radius 1 is 1.38 bits per heavy atom. The molecule has 1 aromatic heterocycles. The van der Waals surface area contributed by atoms with Crippen molar-refractivity contribution in [1.29, 1.82) is 0 Å². The second-order valence-corrected chi connectivity index (χ2v) is 4.80. The molecule has 1 aliphatic rings. The predicted molar refractivity (Wildman–Crippen MR) is 64.3 cm³/mol. The number of hydrogen-bond acceptors (Lipinski definition) is 4. The Labute approximate surface area is 117 Å². The summed E-state index contributed by atoms with van der Waals surface area (Å²) in [4.78, 5) is 27.4. The fourth-order valence-electron chi connectivity index (χ4n) is 2.03. The maximum absolute atomic E-state index is 12.7. The number of aromatic nitrogens is 1. The highest BCUT2D eigenvalue weighted by atomic mass is 19.4. The van der Waals surface area contributed by atoms with Crippen molar-refractivity contribution in [3.05, 3.63) is 29.6 Å². The fourth-order valence-corrected chi connectivity index (χ4v) is 2.03. The van der Waals surface area contributed by atoms with E-state index in [2.05, 4.69) is 4.98 Å². The van der Waals surface area contributed by atoms with Crippen LogP contribution in [-0.2, 0) is 0 Å². The molecule has 0 bridgehead atoms. The number of aliphatic hydroxyl groups is 1. The van der Waals surface area contributed by atoms with Crippen LogP contribution in [-0.4, -0.2) is 51.7 Å². The van der Waals surface area contributed by atoms with Crippen molar-refractivity contribution in [3.8, 4) is 0 Å². The van der Waals surface area contributed by atoms with Gasteiger partial charge in [0.05, 0.1) is 12.1 Å². The third-order valence-electron chi connectivity index (χ3n) is 3.33. The minimum atomic E-state index is -4.80. The fraction of sp³-hybridized carbons (Fsp3) is 0.417. The molecule has 0 aromatic carbocycles. The summed E-state index contributed by atoms with van der Waals surface area (Å²) in [5, 5.41) is 9.51. The zero-order valence-corrected chi connectivity index (χ0v) is 10.7. The molecule has 0 saturated carbocycles. The van der Waals surface area contributed by atoms with Crippen LogP contribution in [0.5, 0.6) is 0 Å². The molecule has 1 atom stereocenters. The number of carbonyl (C=O) groups excluding carboxylic acids is 2. The predicted octanol–water partition coefficient (Wildman–Crippen LogP) is 0.320. The summed E-state index contributed by atoms with van der Waals surface area (Å²) in [6, 6.07) is 2.46. The van der Waals surface area contributed by atoms with Crippen LogP contribution >= 0.6 is 0 Å². The Morgan fingerprint density at radius 3 is 2.48 bits per heavy atom. The minimum Gasteiger partial charge on any atom is -0.379 e. The van der Waals surface area contributed by atoms with Gasteiger partial charge in [-0.3, -0.25) is 14.6 Å². The van der Waals surface area contributed by atoms with Gasteiger partial charge in [-0.15, -0.1) is 0 Å². The van der Waals surface area contributed by atoms with Crippen LogP contribution < -0.4 is 5.73 Å². The van der Waals surface area contributed by atoms with Crippen molar-refractivity contribution in [1.82, 2.24) is 9.88 Å². The Hall–Kier alpha value is -2.16. The Balaban J connectivity index is 2.13. The van der Waals surface area contributed by atoms with Gasteiger partial charge in [0, 0.05) is 19.2 Å². The first-order chi connectivity index (χ1) is 9.64. The second kappa shape index (κ2) is 4.99. The number of hydrogen-bond donors (Lipinski definition) is 2. The first-order valence-electron chi connectivity index (χ1n) is 5.98. The third-order valence-corrected chi connectivity index (χ3v) is 3.33. The summed E-state index contributed by atoms with van der Waals surface area (Å²) in [5.41, 5.74) is 2.08. The van der Waals surface area contributed by atoms with E-state index in [0.29, 0.717) is 0 Å². The normalized spacial score (nSPS) is 22.4. The van der Waals surface area contributed by atoms with Crippen LogP contribution in [0.4, 0.5) is 13.2 Å². The monoisotopic (exact) mass is 303 g/mol. The molecule has 114 valence electrons. The number of nitrogens with two attached hydrogens (primary N) is 1. The van der Waals surface area contributed by atoms with E-state index in [9.17, 15) is 27.9 Å². The molecular formula is C12H12F3N3O3. The van der Waals surface area contributed by atoms with Crippen LogP contribution in [0.15, 0.2) is 18.3 Å². The van der Waals surface area contributed by atoms with Crippen molar-refractivity contribution in [2.45, 2.75) is 18.2 Å². The van der Waals surface area contributed by atoms with E-state index in [1.54, 1.807) is 0 Å². The summed E-state index contributed by atoms with van der Waals surface area (Å²) in [6.07, 6.45) is -4.31. The molecule has 6 nitrogen and oxygen atoms in total. The molecule has 1 aliphatic heterocycles. The Morgan fingerprint density at radius 2 is 2.05 bits per heavy atom. The minimum absolute atomic E-state index is 0.0831. The number of amides is 2. The van der Waals surface area contributed by atoms with Crippen LogP contribution in [0, 0.1) is 0 Å². The summed E-state index contributed by atoms with van der Waals surface area (Å²) < 4.78 is 38.0. The smallest absolute Gasteiger partial charge is 0.379 e. The van der Waals surface area contributed by atoms with Crippen molar-refractivity contribution in [3.63, 3.8) is 0 Å². The molecule has 1 fully saturated rings. The molecule has 3 N–H and O–H groups in total. The molecular weight excluding hydrogens is 291 g/mol. The van der Waals surface area contributed by atoms with Crippen molar-refractivity contribution < 1.29 is 27.9 Å². The highest BCUT2D eigenvalue weighted by molar-refractivity contribution is 5.95. The Kier molecular flexibility index (Phi) is 3.62. The van der Waals surface area contributed by atoms with Gasteiger partial charge < -0.3 is 15.7 Å².